The Kier molecular flexibility index (Phi) is 17.0. The molecular formula is C60H68N3O6P3. The van der Waals surface area contributed by atoms with Gasteiger partial charge in [0, 0.05) is 0 Å². The Hall–Kier alpha value is -6.27. The van der Waals surface area contributed by atoms with E-state index >= 15 is 0 Å². The van der Waals surface area contributed by atoms with Crippen molar-refractivity contribution in [3.8, 4) is 34.5 Å². The van der Waals surface area contributed by atoms with Crippen LogP contribution >= 0.6 is 24.4 Å². The molecule has 374 valence electrons. The van der Waals surface area contributed by atoms with Gasteiger partial charge in [-0.2, -0.15) is 0 Å². The molecule has 0 aliphatic rings. The summed E-state index contributed by atoms with van der Waals surface area (Å²) in [6, 6.07) is 72.7. The first-order valence-electron chi connectivity index (χ1n) is 24.5. The van der Waals surface area contributed by atoms with Crippen molar-refractivity contribution in [3.05, 3.63) is 252 Å². The van der Waals surface area contributed by atoms with E-state index in [1.54, 1.807) is 0 Å². The van der Waals surface area contributed by atoms with Crippen LogP contribution in [0.4, 0.5) is 0 Å². The summed E-state index contributed by atoms with van der Waals surface area (Å²) in [5, 5.41) is 7.64. The van der Waals surface area contributed by atoms with Gasteiger partial charge in [-0.05, 0) is 6.92 Å². The zero-order valence-electron chi connectivity index (χ0n) is 42.5. The second kappa shape index (κ2) is 23.5. The van der Waals surface area contributed by atoms with E-state index in [1.807, 2.05) is 146 Å². The standard InChI is InChI=1S/C60H68N3O6P3/c1-9-61-71(66-55-24-16-11-17-25-55,67-58-44-40-52(41-45-58)60(7,8)50-36-32-47(3)33-37-50)48(4)62-72(68-56-26-18-12-19-27-56,69-57-28-20-13-21-29-57)63-70(64-53-22-14-10-15-23-53)65-54-42-38-51(39-43-54)59(5,6)49-34-30-46(2)31-35-49/h10-45,48,61-63,71-72H,9H2,1-8H3. The van der Waals surface area contributed by atoms with Gasteiger partial charge in [-0.1, -0.05) is 0 Å². The Morgan fingerprint density at radius 2 is 0.722 bits per heavy atom. The van der Waals surface area contributed by atoms with Gasteiger partial charge >= 0.3 is 424 Å². The number of para-hydroxylation sites is 4. The molecule has 9 nitrogen and oxygen atoms in total. The number of benzene rings is 8. The predicted molar refractivity (Wildman–Crippen MR) is 302 cm³/mol. The summed E-state index contributed by atoms with van der Waals surface area (Å²) in [5.41, 5.74) is 6.71. The van der Waals surface area contributed by atoms with Crippen LogP contribution in [-0.2, 0) is 10.8 Å². The van der Waals surface area contributed by atoms with Crippen LogP contribution in [-0.4, -0.2) is 12.3 Å². The molecule has 0 aliphatic carbocycles. The van der Waals surface area contributed by atoms with Crippen LogP contribution in [0.5, 0.6) is 34.5 Å². The fourth-order valence-corrected chi connectivity index (χ4v) is 16.3. The quantitative estimate of drug-likeness (QED) is 0.0542. The van der Waals surface area contributed by atoms with E-state index in [0.29, 0.717) is 41.0 Å². The summed E-state index contributed by atoms with van der Waals surface area (Å²) in [7, 11) is -9.92. The third kappa shape index (κ3) is 13.2. The van der Waals surface area contributed by atoms with Gasteiger partial charge in [0.2, 0.25) is 0 Å². The van der Waals surface area contributed by atoms with Gasteiger partial charge in [0.1, 0.15) is 0 Å². The molecule has 0 aromatic heterocycles. The van der Waals surface area contributed by atoms with Gasteiger partial charge in [0.05, 0.1) is 0 Å². The van der Waals surface area contributed by atoms with Gasteiger partial charge in [-0.3, -0.25) is 0 Å². The van der Waals surface area contributed by atoms with Crippen molar-refractivity contribution in [2.45, 2.75) is 72.0 Å². The average molecular weight is 1020 g/mol. The van der Waals surface area contributed by atoms with Crippen molar-refractivity contribution >= 4 is 24.4 Å². The van der Waals surface area contributed by atoms with Gasteiger partial charge in [0.25, 0.3) is 0 Å². The molecule has 0 amide bonds. The Balaban J connectivity index is 1.20. The van der Waals surface area contributed by atoms with Crippen LogP contribution in [0.15, 0.2) is 218 Å². The van der Waals surface area contributed by atoms with Crippen molar-refractivity contribution in [2.75, 3.05) is 6.54 Å². The van der Waals surface area contributed by atoms with Gasteiger partial charge in [-0.15, -0.1) is 0 Å². The van der Waals surface area contributed by atoms with E-state index in [-0.39, 0.29) is 10.8 Å². The number of hydrogen-bond acceptors (Lipinski definition) is 9. The van der Waals surface area contributed by atoms with E-state index in [0.717, 1.165) is 11.1 Å². The van der Waals surface area contributed by atoms with Gasteiger partial charge in [-0.25, -0.2) is 0 Å². The second-order valence-electron chi connectivity index (χ2n) is 18.9. The van der Waals surface area contributed by atoms with Crippen LogP contribution in [0.1, 0.15) is 74.9 Å². The summed E-state index contributed by atoms with van der Waals surface area (Å²) in [4.78, 5) is 3.74. The molecule has 0 heterocycles. The molecule has 72 heavy (non-hydrogen) atoms. The van der Waals surface area contributed by atoms with Gasteiger partial charge < -0.3 is 0 Å². The fourth-order valence-electron chi connectivity index (χ4n) is 8.36. The molecule has 8 rings (SSSR count). The van der Waals surface area contributed by atoms with Crippen molar-refractivity contribution in [2.24, 2.45) is 0 Å². The van der Waals surface area contributed by atoms with Crippen molar-refractivity contribution in [1.82, 2.24) is 15.0 Å². The Labute approximate surface area is 429 Å². The van der Waals surface area contributed by atoms with Crippen LogP contribution in [0.3, 0.4) is 0 Å². The van der Waals surface area contributed by atoms with Crippen molar-refractivity contribution < 1.29 is 27.1 Å². The second-order valence-corrected chi connectivity index (χ2v) is 25.6. The van der Waals surface area contributed by atoms with Crippen molar-refractivity contribution in [1.29, 1.82) is 0 Å². The minimum atomic E-state index is -4.14. The molecule has 2 unspecified atom stereocenters. The van der Waals surface area contributed by atoms with E-state index in [4.69, 9.17) is 27.1 Å². The maximum absolute atomic E-state index is 7.29. The molecule has 0 radical (unpaired) electrons. The topological polar surface area (TPSA) is 91.5 Å². The molecule has 0 aliphatic heterocycles. The van der Waals surface area contributed by atoms with Crippen LogP contribution in [0, 0.1) is 13.8 Å². The molecule has 0 spiro atoms. The summed E-state index contributed by atoms with van der Waals surface area (Å²) in [6.07, 6.45) is 0. The molecule has 2 atom stereocenters. The van der Waals surface area contributed by atoms with E-state index in [9.17, 15) is 0 Å². The molecular weight excluding hydrogens is 952 g/mol. The molecule has 8 aromatic carbocycles. The van der Waals surface area contributed by atoms with Crippen LogP contribution in [0.2, 0.25) is 0 Å². The zero-order chi connectivity index (χ0) is 50.6. The monoisotopic (exact) mass is 1020 g/mol. The molecule has 0 bridgehead atoms. The minimum absolute atomic E-state index is 0.249. The Bertz CT molecular complexity index is 2860. The number of rotatable bonds is 23. The summed E-state index contributed by atoms with van der Waals surface area (Å²) in [6.45, 7) is 17.8. The third-order valence-electron chi connectivity index (χ3n) is 12.7. The summed E-state index contributed by atoms with van der Waals surface area (Å²) >= 11 is 0. The average Bonchev–Trinajstić information content (AvgIpc) is 3.38. The summed E-state index contributed by atoms with van der Waals surface area (Å²) in [5.74, 6) is 3.04. The fraction of sp³-hybridized carbons (Fsp3) is 0.200. The van der Waals surface area contributed by atoms with E-state index in [2.05, 4.69) is 143 Å². The van der Waals surface area contributed by atoms with Crippen molar-refractivity contribution in [3.63, 3.8) is 0 Å². The predicted octanol–water partition coefficient (Wildman–Crippen LogP) is 16.0. The molecule has 0 saturated heterocycles. The third-order valence-corrected chi connectivity index (χ3v) is 20.8. The Morgan fingerprint density at radius 3 is 1.10 bits per heavy atom. The normalized spacial score (nSPS) is 13.3. The molecule has 0 saturated carbocycles. The maximum atomic E-state index is 7.29. The number of hydrogen-bond donors (Lipinski definition) is 3. The summed E-state index contributed by atoms with van der Waals surface area (Å²) < 4.78 is 42.6. The SMILES string of the molecule is CCN[PH](Oc1ccccc1)(Oc1ccc(C(C)(C)c2ccc(C)cc2)cc1)C(C)N[PH](NP(Oc1ccccc1)Oc1ccc(C(C)(C)c2ccc(C)cc2)cc1)(Oc1ccccc1)Oc1ccccc1. The molecule has 8 aromatic rings. The first-order valence-corrected chi connectivity index (χ1v) is 29.4. The van der Waals surface area contributed by atoms with Crippen LogP contribution < -0.4 is 42.2 Å². The van der Waals surface area contributed by atoms with E-state index in [1.165, 1.54) is 22.3 Å². The first-order chi connectivity index (χ1) is 34.7. The zero-order valence-corrected chi connectivity index (χ0v) is 45.4. The number of nitrogens with one attached hydrogen (secondary N) is 3. The molecule has 12 heteroatoms. The first kappa shape index (κ1) is 52.1. The molecule has 0 fully saturated rings. The Morgan fingerprint density at radius 1 is 0.417 bits per heavy atom. The van der Waals surface area contributed by atoms with Crippen LogP contribution in [0.25, 0.3) is 0 Å². The van der Waals surface area contributed by atoms with Gasteiger partial charge in [0.15, 0.2) is 0 Å². The number of aryl methyl sites for hydroxylation is 2. The van der Waals surface area contributed by atoms with E-state index < -0.39 is 30.2 Å². The molecule has 3 N–H and O–H groups in total.